The quantitative estimate of drug-likeness (QED) is 0.161. The lowest BCUT2D eigenvalue weighted by molar-refractivity contribution is -0.00530. The van der Waals surface area contributed by atoms with Crippen molar-refractivity contribution in [1.82, 2.24) is 4.57 Å². The lowest BCUT2D eigenvalue weighted by Crippen LogP contribution is -2.48. The molecule has 10 aliphatic rings. The molecule has 1 aromatic heterocycles. The highest BCUT2D eigenvalue weighted by molar-refractivity contribution is 6.09. The van der Waals surface area contributed by atoms with Crippen molar-refractivity contribution in [3.05, 3.63) is 215 Å². The molecule has 1 spiro atoms. The Morgan fingerprint density at radius 3 is 1.34 bits per heavy atom. The number of aromatic nitrogens is 1. The molecule has 71 heavy (non-hydrogen) atoms. The second kappa shape index (κ2) is 14.3. The summed E-state index contributed by atoms with van der Waals surface area (Å²) in [6.45, 7) is 0. The van der Waals surface area contributed by atoms with Crippen molar-refractivity contribution in [2.45, 2.75) is 93.3 Å². The van der Waals surface area contributed by atoms with Gasteiger partial charge in [-0.15, -0.1) is 0 Å². The zero-order valence-electron chi connectivity index (χ0n) is 40.7. The third-order valence-electron chi connectivity index (χ3n) is 20.7. The molecule has 8 aromatic carbocycles. The van der Waals surface area contributed by atoms with Crippen LogP contribution in [0.3, 0.4) is 0 Å². The van der Waals surface area contributed by atoms with Crippen LogP contribution in [0.4, 0.5) is 17.1 Å². The predicted octanol–water partition coefficient (Wildman–Crippen LogP) is 17.5. The van der Waals surface area contributed by atoms with Crippen LogP contribution >= 0.6 is 0 Å². The Labute approximate surface area is 418 Å². The zero-order chi connectivity index (χ0) is 46.2. The molecule has 9 aromatic rings. The van der Waals surface area contributed by atoms with E-state index in [1.165, 1.54) is 155 Å². The topological polar surface area (TPSA) is 8.17 Å². The minimum atomic E-state index is -0.434. The first-order chi connectivity index (χ1) is 35.0. The molecule has 19 rings (SSSR count). The molecule has 8 fully saturated rings. The summed E-state index contributed by atoms with van der Waals surface area (Å²) in [5.41, 5.74) is 22.3. The van der Waals surface area contributed by atoms with Crippen molar-refractivity contribution in [3.63, 3.8) is 0 Å². The molecule has 8 bridgehead atoms. The molecule has 0 saturated heterocycles. The van der Waals surface area contributed by atoms with Crippen LogP contribution in [0.25, 0.3) is 49.7 Å². The smallest absolute Gasteiger partial charge is 0.0726 e. The Morgan fingerprint density at radius 1 is 0.338 bits per heavy atom. The molecule has 10 aliphatic carbocycles. The van der Waals surface area contributed by atoms with Gasteiger partial charge in [-0.1, -0.05) is 127 Å². The average molecular weight is 917 g/mol. The molecule has 8 saturated carbocycles. The predicted molar refractivity (Wildman–Crippen MR) is 291 cm³/mol. The van der Waals surface area contributed by atoms with Gasteiger partial charge in [0.1, 0.15) is 0 Å². The Balaban J connectivity index is 0.899. The van der Waals surface area contributed by atoms with Crippen LogP contribution in [0, 0.1) is 35.5 Å². The highest BCUT2D eigenvalue weighted by Gasteiger charge is 2.57. The van der Waals surface area contributed by atoms with Gasteiger partial charge in [-0.2, -0.15) is 0 Å². The second-order valence-electron chi connectivity index (χ2n) is 24.5. The van der Waals surface area contributed by atoms with Gasteiger partial charge in [0.2, 0.25) is 0 Å². The maximum atomic E-state index is 2.82. The summed E-state index contributed by atoms with van der Waals surface area (Å²) in [4.78, 5) is 2.53. The fraction of sp³-hybridized carbons (Fsp3) is 0.304. The van der Waals surface area contributed by atoms with E-state index in [0.717, 1.165) is 46.9 Å². The minimum Gasteiger partial charge on any atom is -0.310 e. The third kappa shape index (κ3) is 5.44. The van der Waals surface area contributed by atoms with Crippen molar-refractivity contribution in [3.8, 4) is 27.9 Å². The molecule has 0 aliphatic heterocycles. The van der Waals surface area contributed by atoms with Crippen LogP contribution in [0.2, 0.25) is 0 Å². The zero-order valence-corrected chi connectivity index (χ0v) is 40.7. The van der Waals surface area contributed by atoms with Gasteiger partial charge in [0, 0.05) is 33.5 Å². The fourth-order valence-corrected chi connectivity index (χ4v) is 18.9. The highest BCUT2D eigenvalue weighted by Crippen LogP contribution is 2.68. The summed E-state index contributed by atoms with van der Waals surface area (Å²) in [5.74, 6) is 5.40. The molecule has 2 nitrogen and oxygen atoms in total. The van der Waals surface area contributed by atoms with E-state index in [9.17, 15) is 0 Å². The SMILES string of the molecule is c1ccc(N(c2cccc(-n3c4ccccc4c4ccccc43)c2)c2ccc3c(c2)C2(c4ccccc4-3)c3cc(C45CC6CC(CC(C6)C4)C5)ccc3-c3ccc(C45CC6CC(CC(C6)C4)C5)cc32)cc1. The molecule has 0 unspecified atom stereocenters. The van der Waals surface area contributed by atoms with E-state index in [2.05, 4.69) is 191 Å². The van der Waals surface area contributed by atoms with E-state index in [0.29, 0.717) is 10.8 Å². The fourth-order valence-electron chi connectivity index (χ4n) is 18.9. The summed E-state index contributed by atoms with van der Waals surface area (Å²) in [5, 5.41) is 2.57. The number of anilines is 3. The molecular formula is C69H60N2. The molecule has 2 heteroatoms. The van der Waals surface area contributed by atoms with Crippen LogP contribution < -0.4 is 4.90 Å². The summed E-state index contributed by atoms with van der Waals surface area (Å²) < 4.78 is 2.46. The van der Waals surface area contributed by atoms with E-state index >= 15 is 0 Å². The van der Waals surface area contributed by atoms with Gasteiger partial charge >= 0.3 is 0 Å². The maximum Gasteiger partial charge on any atom is 0.0726 e. The van der Waals surface area contributed by atoms with Gasteiger partial charge in [0.15, 0.2) is 0 Å². The van der Waals surface area contributed by atoms with Crippen LogP contribution in [0.5, 0.6) is 0 Å². The monoisotopic (exact) mass is 916 g/mol. The first-order valence-corrected chi connectivity index (χ1v) is 27.5. The number of nitrogens with zero attached hydrogens (tertiary/aromatic N) is 2. The minimum absolute atomic E-state index is 0.304. The molecule has 1 heterocycles. The second-order valence-corrected chi connectivity index (χ2v) is 24.5. The van der Waals surface area contributed by atoms with Crippen LogP contribution in [0.15, 0.2) is 182 Å². The molecule has 0 radical (unpaired) electrons. The first-order valence-electron chi connectivity index (χ1n) is 27.5. The molecule has 346 valence electrons. The molecule has 0 N–H and O–H groups in total. The number of benzene rings is 8. The number of para-hydroxylation sites is 3. The molecular weight excluding hydrogens is 857 g/mol. The Kier molecular flexibility index (Phi) is 8.05. The molecule has 0 amide bonds. The van der Waals surface area contributed by atoms with E-state index < -0.39 is 5.41 Å². The van der Waals surface area contributed by atoms with Gasteiger partial charge < -0.3 is 9.47 Å². The van der Waals surface area contributed by atoms with Gasteiger partial charge in [0.05, 0.1) is 16.4 Å². The van der Waals surface area contributed by atoms with Crippen molar-refractivity contribution >= 4 is 38.9 Å². The number of hydrogen-bond donors (Lipinski definition) is 0. The lowest BCUT2D eigenvalue weighted by atomic mass is 9.48. The van der Waals surface area contributed by atoms with E-state index in [4.69, 9.17) is 0 Å². The summed E-state index contributed by atoms with van der Waals surface area (Å²) in [7, 11) is 0. The Hall–Kier alpha value is -6.64. The maximum absolute atomic E-state index is 2.82. The number of fused-ring (bicyclic) bond motifs is 13. The number of hydrogen-bond acceptors (Lipinski definition) is 1. The summed E-state index contributed by atoms with van der Waals surface area (Å²) >= 11 is 0. The van der Waals surface area contributed by atoms with Gasteiger partial charge in [-0.3, -0.25) is 0 Å². The van der Waals surface area contributed by atoms with Crippen molar-refractivity contribution in [2.75, 3.05) is 4.90 Å². The van der Waals surface area contributed by atoms with Gasteiger partial charge in [-0.05, 0) is 234 Å². The van der Waals surface area contributed by atoms with Gasteiger partial charge in [-0.25, -0.2) is 0 Å². The average Bonchev–Trinajstić information content (AvgIpc) is 4.02. The third-order valence-corrected chi connectivity index (χ3v) is 20.7. The normalized spacial score (nSPS) is 29.7. The van der Waals surface area contributed by atoms with Crippen LogP contribution in [-0.4, -0.2) is 4.57 Å². The number of rotatable bonds is 6. The summed E-state index contributed by atoms with van der Waals surface area (Å²) in [6, 6.07) is 71.4. The van der Waals surface area contributed by atoms with E-state index in [1.807, 2.05) is 0 Å². The Bertz CT molecular complexity index is 3480. The van der Waals surface area contributed by atoms with Crippen molar-refractivity contribution in [2.24, 2.45) is 35.5 Å². The summed E-state index contributed by atoms with van der Waals surface area (Å²) in [6.07, 6.45) is 17.1. The largest absolute Gasteiger partial charge is 0.310 e. The lowest BCUT2D eigenvalue weighted by Gasteiger charge is -2.57. The molecule has 0 atom stereocenters. The van der Waals surface area contributed by atoms with Crippen molar-refractivity contribution in [1.29, 1.82) is 0 Å². The Morgan fingerprint density at radius 2 is 0.775 bits per heavy atom. The van der Waals surface area contributed by atoms with Gasteiger partial charge in [0.25, 0.3) is 0 Å². The van der Waals surface area contributed by atoms with Crippen molar-refractivity contribution < 1.29 is 0 Å². The van der Waals surface area contributed by atoms with Crippen LogP contribution in [-0.2, 0) is 16.2 Å². The first kappa shape index (κ1) is 40.0. The van der Waals surface area contributed by atoms with Crippen LogP contribution in [0.1, 0.15) is 110 Å². The highest BCUT2D eigenvalue weighted by atomic mass is 15.1. The standard InChI is InChI=1S/C69H60N2/c1-2-11-51(12-3-1)70(52-13-10-14-53(35-52)71-65-19-8-5-16-59(65)60-17-6-9-20-66(60)71)54-23-26-58-55-15-4-7-18-61(55)69(64(58)36-54)62-33-49(67-37-43-27-44(38-67)29-45(28-43)39-67)21-24-56(62)57-25-22-50(34-63(57)69)68-40-46-30-47(41-68)32-48(31-46)42-68/h1-26,33-36,43-48H,27-32,37-42H2. The van der Waals surface area contributed by atoms with E-state index in [1.54, 1.807) is 11.1 Å². The van der Waals surface area contributed by atoms with E-state index in [-0.39, 0.29) is 0 Å².